The summed E-state index contributed by atoms with van der Waals surface area (Å²) in [5.41, 5.74) is -1.38. The molecule has 0 atom stereocenters. The Morgan fingerprint density at radius 2 is 2.11 bits per heavy atom. The van der Waals surface area contributed by atoms with Crippen LogP contribution in [0, 0.1) is 11.3 Å². The van der Waals surface area contributed by atoms with Gasteiger partial charge in [0.25, 0.3) is 0 Å². The van der Waals surface area contributed by atoms with Crippen LogP contribution in [0.2, 0.25) is 0 Å². The molecule has 0 saturated heterocycles. The van der Waals surface area contributed by atoms with E-state index in [-0.39, 0.29) is 18.7 Å². The Morgan fingerprint density at radius 1 is 1.44 bits per heavy atom. The van der Waals surface area contributed by atoms with Gasteiger partial charge in [-0.2, -0.15) is 18.4 Å². The average molecular weight is 258 g/mol. The number of nitriles is 1. The molecule has 18 heavy (non-hydrogen) atoms. The molecule has 0 fully saturated rings. The summed E-state index contributed by atoms with van der Waals surface area (Å²) in [6, 6.07) is 4.60. The van der Waals surface area contributed by atoms with Gasteiger partial charge in [0.2, 0.25) is 0 Å². The molecule has 0 radical (unpaired) electrons. The van der Waals surface area contributed by atoms with Crippen molar-refractivity contribution in [1.29, 1.82) is 5.26 Å². The van der Waals surface area contributed by atoms with Crippen molar-refractivity contribution in [2.24, 2.45) is 0 Å². The molecular weight excluding hydrogens is 249 g/mol. The van der Waals surface area contributed by atoms with Gasteiger partial charge in [-0.15, -0.1) is 0 Å². The van der Waals surface area contributed by atoms with Crippen molar-refractivity contribution in [2.75, 3.05) is 11.9 Å². The van der Waals surface area contributed by atoms with Gasteiger partial charge in [-0.3, -0.25) is 4.79 Å². The largest absolute Gasteiger partial charge is 0.481 e. The van der Waals surface area contributed by atoms with Crippen LogP contribution >= 0.6 is 0 Å². The van der Waals surface area contributed by atoms with Crippen LogP contribution in [0.4, 0.5) is 18.9 Å². The number of anilines is 1. The summed E-state index contributed by atoms with van der Waals surface area (Å²) in [6.07, 6.45) is -4.82. The SMILES string of the molecule is N#Cc1ccc(NCCC(=O)O)cc1C(F)(F)F. The van der Waals surface area contributed by atoms with Crippen LogP contribution in [-0.2, 0) is 11.0 Å². The van der Waals surface area contributed by atoms with Crippen LogP contribution in [-0.4, -0.2) is 17.6 Å². The lowest BCUT2D eigenvalue weighted by Gasteiger charge is -2.11. The van der Waals surface area contributed by atoms with E-state index in [1.165, 1.54) is 12.1 Å². The summed E-state index contributed by atoms with van der Waals surface area (Å²) in [5.74, 6) is -1.05. The van der Waals surface area contributed by atoms with E-state index in [0.717, 1.165) is 12.1 Å². The second-order valence-corrected chi connectivity index (χ2v) is 3.44. The number of alkyl halides is 3. The highest BCUT2D eigenvalue weighted by Crippen LogP contribution is 2.33. The highest BCUT2D eigenvalue weighted by atomic mass is 19.4. The van der Waals surface area contributed by atoms with E-state index in [1.54, 1.807) is 0 Å². The number of carbonyl (C=O) groups is 1. The normalized spacial score (nSPS) is 10.8. The molecule has 0 aliphatic heterocycles. The minimum Gasteiger partial charge on any atom is -0.481 e. The third kappa shape index (κ3) is 3.66. The molecule has 0 saturated carbocycles. The lowest BCUT2D eigenvalue weighted by molar-refractivity contribution is -0.138. The van der Waals surface area contributed by atoms with Gasteiger partial charge in [0.05, 0.1) is 23.6 Å². The van der Waals surface area contributed by atoms with Crippen LogP contribution in [0.1, 0.15) is 17.5 Å². The fourth-order valence-electron chi connectivity index (χ4n) is 1.30. The minimum atomic E-state index is -4.62. The van der Waals surface area contributed by atoms with Gasteiger partial charge in [0, 0.05) is 12.2 Å². The van der Waals surface area contributed by atoms with E-state index < -0.39 is 23.3 Å². The lowest BCUT2D eigenvalue weighted by Crippen LogP contribution is -2.11. The molecule has 0 spiro atoms. The van der Waals surface area contributed by atoms with E-state index in [1.807, 2.05) is 0 Å². The Hall–Kier alpha value is -2.23. The van der Waals surface area contributed by atoms with Crippen LogP contribution in [0.3, 0.4) is 0 Å². The zero-order chi connectivity index (χ0) is 13.8. The molecule has 96 valence electrons. The number of hydrogen-bond donors (Lipinski definition) is 2. The summed E-state index contributed by atoms with van der Waals surface area (Å²) in [6.45, 7) is 0.0124. The molecule has 0 heterocycles. The molecule has 0 amide bonds. The molecule has 0 aliphatic rings. The summed E-state index contributed by atoms with van der Waals surface area (Å²) in [4.78, 5) is 10.3. The van der Waals surface area contributed by atoms with Gasteiger partial charge in [-0.1, -0.05) is 0 Å². The average Bonchev–Trinajstić information content (AvgIpc) is 2.27. The molecule has 1 aromatic carbocycles. The number of rotatable bonds is 4. The first-order chi connectivity index (χ1) is 8.34. The minimum absolute atomic E-state index is 0.0124. The smallest absolute Gasteiger partial charge is 0.417 e. The number of halogens is 3. The molecule has 7 heteroatoms. The van der Waals surface area contributed by atoms with E-state index in [9.17, 15) is 18.0 Å². The molecule has 4 nitrogen and oxygen atoms in total. The molecule has 0 aromatic heterocycles. The van der Waals surface area contributed by atoms with Gasteiger partial charge in [0.1, 0.15) is 0 Å². The Labute approximate surface area is 101 Å². The monoisotopic (exact) mass is 258 g/mol. The van der Waals surface area contributed by atoms with Crippen molar-refractivity contribution in [3.05, 3.63) is 29.3 Å². The molecular formula is C11H9F3N2O2. The predicted octanol–water partition coefficient (Wildman–Crippen LogP) is 2.46. The van der Waals surface area contributed by atoms with Crippen LogP contribution in [0.15, 0.2) is 18.2 Å². The van der Waals surface area contributed by atoms with E-state index in [0.29, 0.717) is 0 Å². The van der Waals surface area contributed by atoms with Gasteiger partial charge < -0.3 is 10.4 Å². The number of benzene rings is 1. The van der Waals surface area contributed by atoms with Crippen molar-refractivity contribution >= 4 is 11.7 Å². The third-order valence-electron chi connectivity index (χ3n) is 2.11. The molecule has 2 N–H and O–H groups in total. The highest BCUT2D eigenvalue weighted by Gasteiger charge is 2.33. The fraction of sp³-hybridized carbons (Fsp3) is 0.273. The van der Waals surface area contributed by atoms with Crippen LogP contribution < -0.4 is 5.32 Å². The van der Waals surface area contributed by atoms with Crippen molar-refractivity contribution < 1.29 is 23.1 Å². The van der Waals surface area contributed by atoms with Crippen LogP contribution in [0.5, 0.6) is 0 Å². The first kappa shape index (κ1) is 13.8. The van der Waals surface area contributed by atoms with Gasteiger partial charge in [-0.25, -0.2) is 0 Å². The van der Waals surface area contributed by atoms with E-state index >= 15 is 0 Å². The number of carboxylic acid groups (broad SMARTS) is 1. The fourth-order valence-corrected chi connectivity index (χ4v) is 1.30. The first-order valence-electron chi connectivity index (χ1n) is 4.91. The van der Waals surface area contributed by atoms with E-state index in [2.05, 4.69) is 5.32 Å². The maximum atomic E-state index is 12.6. The molecule has 0 aliphatic carbocycles. The second kappa shape index (κ2) is 5.40. The molecule has 0 unspecified atom stereocenters. The predicted molar refractivity (Wildman–Crippen MR) is 56.9 cm³/mol. The molecule has 0 bridgehead atoms. The van der Waals surface area contributed by atoms with Gasteiger partial charge >= 0.3 is 12.1 Å². The number of aliphatic carboxylic acids is 1. The maximum Gasteiger partial charge on any atom is 0.417 e. The highest BCUT2D eigenvalue weighted by molar-refractivity contribution is 5.67. The first-order valence-corrected chi connectivity index (χ1v) is 4.91. The van der Waals surface area contributed by atoms with Gasteiger partial charge in [0.15, 0.2) is 0 Å². The van der Waals surface area contributed by atoms with Crippen molar-refractivity contribution in [3.8, 4) is 6.07 Å². The quantitative estimate of drug-likeness (QED) is 0.870. The number of nitrogens with one attached hydrogen (secondary N) is 1. The second-order valence-electron chi connectivity index (χ2n) is 3.44. The Kier molecular flexibility index (Phi) is 4.15. The van der Waals surface area contributed by atoms with Crippen molar-refractivity contribution in [3.63, 3.8) is 0 Å². The third-order valence-corrected chi connectivity index (χ3v) is 2.11. The number of hydrogen-bond acceptors (Lipinski definition) is 3. The maximum absolute atomic E-state index is 12.6. The van der Waals surface area contributed by atoms with Gasteiger partial charge in [-0.05, 0) is 18.2 Å². The van der Waals surface area contributed by atoms with Crippen molar-refractivity contribution in [2.45, 2.75) is 12.6 Å². The zero-order valence-corrected chi connectivity index (χ0v) is 9.08. The molecule has 1 rings (SSSR count). The standard InChI is InChI=1S/C11H9F3N2O2/c12-11(13,14)9-5-8(2-1-7(9)6-15)16-4-3-10(17)18/h1-2,5,16H,3-4H2,(H,17,18). The Balaban J connectivity index is 2.91. The summed E-state index contributed by atoms with van der Waals surface area (Å²) in [7, 11) is 0. The summed E-state index contributed by atoms with van der Waals surface area (Å²) < 4.78 is 37.8. The Morgan fingerprint density at radius 3 is 2.61 bits per heavy atom. The summed E-state index contributed by atoms with van der Waals surface area (Å²) in [5, 5.41) is 19.5. The Bertz CT molecular complexity index is 492. The lowest BCUT2D eigenvalue weighted by atomic mass is 10.1. The molecule has 1 aromatic rings. The number of carboxylic acids is 1. The zero-order valence-electron chi connectivity index (χ0n) is 9.08. The number of nitrogens with zero attached hydrogens (tertiary/aromatic N) is 1. The topological polar surface area (TPSA) is 73.1 Å². The summed E-state index contributed by atoms with van der Waals surface area (Å²) >= 11 is 0. The van der Waals surface area contributed by atoms with Crippen molar-refractivity contribution in [1.82, 2.24) is 0 Å². The van der Waals surface area contributed by atoms with E-state index in [4.69, 9.17) is 10.4 Å². The van der Waals surface area contributed by atoms with Crippen LogP contribution in [0.25, 0.3) is 0 Å².